The van der Waals surface area contributed by atoms with E-state index in [1.807, 2.05) is 13.8 Å². The number of ether oxygens (including phenoxy) is 1. The zero-order valence-electron chi connectivity index (χ0n) is 18.8. The van der Waals surface area contributed by atoms with Gasteiger partial charge in [0.2, 0.25) is 0 Å². The fraction of sp³-hybridized carbons (Fsp3) is 0.565. The molecule has 6 nitrogen and oxygen atoms in total. The summed E-state index contributed by atoms with van der Waals surface area (Å²) in [6.07, 6.45) is 2.87. The maximum Gasteiger partial charge on any atom is 0.322 e. The van der Waals surface area contributed by atoms with Crippen molar-refractivity contribution in [3.8, 4) is 5.75 Å². The second-order valence-corrected chi connectivity index (χ2v) is 9.29. The Morgan fingerprint density at radius 2 is 1.97 bits per heavy atom. The van der Waals surface area contributed by atoms with Gasteiger partial charge in [-0.2, -0.15) is 0 Å². The number of nitrogens with one attached hydrogen (secondary N) is 1. The second-order valence-electron chi connectivity index (χ2n) is 8.91. The molecule has 0 saturated heterocycles. The molecule has 1 aliphatic rings. The van der Waals surface area contributed by atoms with Crippen LogP contribution in [0, 0.1) is 17.7 Å². The van der Waals surface area contributed by atoms with E-state index in [0.29, 0.717) is 18.9 Å². The Morgan fingerprint density at radius 1 is 1.29 bits per heavy atom. The second kappa shape index (κ2) is 10.4. The summed E-state index contributed by atoms with van der Waals surface area (Å²) in [6.45, 7) is 10.4. The molecule has 172 valence electrons. The van der Waals surface area contributed by atoms with Crippen molar-refractivity contribution in [2.75, 3.05) is 13.2 Å². The number of urea groups is 1. The molecule has 1 heterocycles. The molecule has 2 rings (SSSR count). The van der Waals surface area contributed by atoms with E-state index in [9.17, 15) is 9.59 Å². The van der Waals surface area contributed by atoms with Crippen molar-refractivity contribution in [3.05, 3.63) is 40.3 Å². The van der Waals surface area contributed by atoms with Crippen molar-refractivity contribution >= 4 is 23.6 Å². The molecule has 0 spiro atoms. The average Bonchev–Trinajstić information content (AvgIpc) is 2.65. The predicted molar refractivity (Wildman–Crippen MR) is 119 cm³/mol. The molecule has 0 fully saturated rings. The molecule has 1 atom stereocenters. The van der Waals surface area contributed by atoms with Crippen molar-refractivity contribution in [1.82, 2.24) is 10.2 Å². The van der Waals surface area contributed by atoms with Gasteiger partial charge in [0.15, 0.2) is 5.82 Å². The van der Waals surface area contributed by atoms with E-state index in [1.165, 1.54) is 4.90 Å². The number of halogens is 2. The van der Waals surface area contributed by atoms with Crippen LogP contribution in [0.3, 0.4) is 0 Å². The maximum absolute atomic E-state index is 15.4. The zero-order valence-corrected chi connectivity index (χ0v) is 19.6. The molecule has 1 aromatic carbocycles. The number of hydrogen-bond acceptors (Lipinski definition) is 3. The molecular formula is C23H32ClFN2O4. The van der Waals surface area contributed by atoms with Gasteiger partial charge in [0.1, 0.15) is 10.8 Å². The Kier molecular flexibility index (Phi) is 8.34. The van der Waals surface area contributed by atoms with Crippen LogP contribution >= 0.6 is 11.6 Å². The van der Waals surface area contributed by atoms with Crippen LogP contribution < -0.4 is 10.1 Å². The standard InChI is InChI=1S/C23H32ClFN2O4/c1-14(2)9-11-31-18-7-6-17(21(25)20(18)24)23(5)16(12-15(3)4)13-27(22(30)26-23)10-8-19(28)29/h6-7,13-15H,8-12H2,1-5H3,(H,26,30)(H,28,29)/t23-/m1/s1. The number of nitrogens with zero attached hydrogens (tertiary/aromatic N) is 1. The number of carboxylic acids is 1. The quantitative estimate of drug-likeness (QED) is 0.485. The van der Waals surface area contributed by atoms with Gasteiger partial charge in [-0.05, 0) is 49.3 Å². The largest absolute Gasteiger partial charge is 0.492 e. The Labute approximate surface area is 188 Å². The summed E-state index contributed by atoms with van der Waals surface area (Å²) in [5.41, 5.74) is -0.103. The van der Waals surface area contributed by atoms with Gasteiger partial charge in [-0.3, -0.25) is 4.79 Å². The number of benzene rings is 1. The van der Waals surface area contributed by atoms with Crippen molar-refractivity contribution in [1.29, 1.82) is 0 Å². The van der Waals surface area contributed by atoms with Crippen molar-refractivity contribution in [2.45, 2.75) is 59.4 Å². The summed E-state index contributed by atoms with van der Waals surface area (Å²) < 4.78 is 21.0. The van der Waals surface area contributed by atoms with Crippen LogP contribution in [0.4, 0.5) is 9.18 Å². The smallest absolute Gasteiger partial charge is 0.322 e. The number of aliphatic carboxylic acids is 1. The summed E-state index contributed by atoms with van der Waals surface area (Å²) in [6, 6.07) is 2.74. The minimum Gasteiger partial charge on any atom is -0.492 e. The number of carbonyl (C=O) groups is 2. The van der Waals surface area contributed by atoms with E-state index in [4.69, 9.17) is 21.4 Å². The number of carboxylic acid groups (broad SMARTS) is 1. The maximum atomic E-state index is 15.4. The Morgan fingerprint density at radius 3 is 2.55 bits per heavy atom. The fourth-order valence-corrected chi connectivity index (χ4v) is 3.71. The summed E-state index contributed by atoms with van der Waals surface area (Å²) in [5, 5.41) is 11.7. The number of carbonyl (C=O) groups excluding carboxylic acids is 1. The lowest BCUT2D eigenvalue weighted by Gasteiger charge is -2.41. The van der Waals surface area contributed by atoms with E-state index in [-0.39, 0.29) is 35.2 Å². The van der Waals surface area contributed by atoms with Crippen LogP contribution in [0.25, 0.3) is 0 Å². The third-order valence-electron chi connectivity index (χ3n) is 5.30. The van der Waals surface area contributed by atoms with E-state index in [2.05, 4.69) is 19.2 Å². The average molecular weight is 455 g/mol. The highest BCUT2D eigenvalue weighted by Crippen LogP contribution is 2.41. The van der Waals surface area contributed by atoms with Gasteiger partial charge in [-0.25, -0.2) is 9.18 Å². The van der Waals surface area contributed by atoms with Crippen LogP contribution in [0.2, 0.25) is 5.02 Å². The molecule has 0 bridgehead atoms. The molecule has 1 aliphatic heterocycles. The molecule has 1 aromatic rings. The normalized spacial score (nSPS) is 18.9. The summed E-state index contributed by atoms with van der Waals surface area (Å²) >= 11 is 6.29. The molecule has 0 aromatic heterocycles. The van der Waals surface area contributed by atoms with Crippen molar-refractivity contribution in [2.24, 2.45) is 11.8 Å². The predicted octanol–water partition coefficient (Wildman–Crippen LogP) is 5.55. The Balaban J connectivity index is 2.41. The van der Waals surface area contributed by atoms with Gasteiger partial charge < -0.3 is 20.1 Å². The fourth-order valence-electron chi connectivity index (χ4n) is 3.49. The number of amides is 2. The van der Waals surface area contributed by atoms with E-state index in [1.54, 1.807) is 25.3 Å². The molecule has 2 amide bonds. The first-order chi connectivity index (χ1) is 14.5. The van der Waals surface area contributed by atoms with Gasteiger partial charge in [-0.1, -0.05) is 39.3 Å². The van der Waals surface area contributed by atoms with Gasteiger partial charge >= 0.3 is 12.0 Å². The van der Waals surface area contributed by atoms with Crippen LogP contribution in [0.15, 0.2) is 23.9 Å². The summed E-state index contributed by atoms with van der Waals surface area (Å²) in [5.74, 6) is -0.677. The molecule has 0 radical (unpaired) electrons. The Bertz CT molecular complexity index is 856. The first-order valence-corrected chi connectivity index (χ1v) is 11.0. The first kappa shape index (κ1) is 25.0. The minimum absolute atomic E-state index is 0.0324. The zero-order chi connectivity index (χ0) is 23.3. The highest BCUT2D eigenvalue weighted by atomic mass is 35.5. The van der Waals surface area contributed by atoms with Crippen LogP contribution in [-0.4, -0.2) is 35.2 Å². The molecule has 0 saturated carbocycles. The van der Waals surface area contributed by atoms with Gasteiger partial charge in [0, 0.05) is 18.3 Å². The molecule has 2 N–H and O–H groups in total. The van der Waals surface area contributed by atoms with Crippen LogP contribution in [0.1, 0.15) is 59.4 Å². The van der Waals surface area contributed by atoms with Crippen LogP contribution in [-0.2, 0) is 10.3 Å². The number of rotatable bonds is 10. The molecule has 31 heavy (non-hydrogen) atoms. The SMILES string of the molecule is CC(C)CCOc1ccc([C@]2(C)NC(=O)N(CCC(=O)O)C=C2CC(C)C)c(F)c1Cl. The lowest BCUT2D eigenvalue weighted by atomic mass is 9.79. The van der Waals surface area contributed by atoms with E-state index in [0.717, 1.165) is 12.0 Å². The minimum atomic E-state index is -1.12. The third-order valence-corrected chi connectivity index (χ3v) is 5.66. The highest BCUT2D eigenvalue weighted by molar-refractivity contribution is 6.32. The first-order valence-electron chi connectivity index (χ1n) is 10.6. The van der Waals surface area contributed by atoms with Crippen LogP contribution in [0.5, 0.6) is 5.75 Å². The monoisotopic (exact) mass is 454 g/mol. The lowest BCUT2D eigenvalue weighted by molar-refractivity contribution is -0.137. The number of hydrogen-bond donors (Lipinski definition) is 2. The lowest BCUT2D eigenvalue weighted by Crippen LogP contribution is -2.54. The van der Waals surface area contributed by atoms with E-state index >= 15 is 4.39 Å². The summed E-state index contributed by atoms with van der Waals surface area (Å²) in [4.78, 5) is 25.0. The third kappa shape index (κ3) is 6.12. The van der Waals surface area contributed by atoms with Gasteiger partial charge in [0.25, 0.3) is 0 Å². The summed E-state index contributed by atoms with van der Waals surface area (Å²) in [7, 11) is 0. The molecule has 8 heteroatoms. The molecular weight excluding hydrogens is 423 g/mol. The molecule has 0 unspecified atom stereocenters. The van der Waals surface area contributed by atoms with Crippen molar-refractivity contribution in [3.63, 3.8) is 0 Å². The highest BCUT2D eigenvalue weighted by Gasteiger charge is 2.41. The molecule has 0 aliphatic carbocycles. The van der Waals surface area contributed by atoms with Gasteiger partial charge in [0.05, 0.1) is 18.6 Å². The van der Waals surface area contributed by atoms with Gasteiger partial charge in [-0.15, -0.1) is 0 Å². The topological polar surface area (TPSA) is 78.9 Å². The Hall–Kier alpha value is -2.28. The van der Waals surface area contributed by atoms with Crippen molar-refractivity contribution < 1.29 is 23.8 Å². The van der Waals surface area contributed by atoms with E-state index < -0.39 is 23.4 Å².